The topological polar surface area (TPSA) is 58.4 Å². The first-order valence-corrected chi connectivity index (χ1v) is 6.29. The summed E-state index contributed by atoms with van der Waals surface area (Å²) in [6.07, 6.45) is -4.42. The van der Waals surface area contributed by atoms with Crippen LogP contribution in [0.25, 0.3) is 0 Å². The summed E-state index contributed by atoms with van der Waals surface area (Å²) in [5.41, 5.74) is 5.31. The number of rotatable bonds is 2. The number of hydrogen-bond acceptors (Lipinski definition) is 3. The number of nitrogens with two attached hydrogens (primary N) is 1. The normalized spacial score (nSPS) is 19.9. The van der Waals surface area contributed by atoms with Gasteiger partial charge in [0.2, 0.25) is 5.91 Å². The number of piperazine rings is 1. The van der Waals surface area contributed by atoms with Crippen LogP contribution in [0, 0.1) is 0 Å². The molecule has 1 saturated heterocycles. The average Bonchev–Trinajstić information content (AvgIpc) is 2.40. The van der Waals surface area contributed by atoms with Gasteiger partial charge in [-0.3, -0.25) is 4.79 Å². The van der Waals surface area contributed by atoms with Crippen LogP contribution in [0.4, 0.5) is 18.9 Å². The van der Waals surface area contributed by atoms with E-state index in [9.17, 15) is 18.0 Å². The second kappa shape index (κ2) is 5.32. The molecule has 0 aromatic heterocycles. The Morgan fingerprint density at radius 1 is 1.45 bits per heavy atom. The van der Waals surface area contributed by atoms with E-state index in [4.69, 9.17) is 5.73 Å². The van der Waals surface area contributed by atoms with Gasteiger partial charge in [0, 0.05) is 25.3 Å². The first kappa shape index (κ1) is 14.6. The molecule has 0 bridgehead atoms. The molecule has 1 aliphatic rings. The van der Waals surface area contributed by atoms with E-state index in [0.29, 0.717) is 18.8 Å². The molecule has 7 heteroatoms. The van der Waals surface area contributed by atoms with Gasteiger partial charge in [-0.05, 0) is 30.7 Å². The Morgan fingerprint density at radius 3 is 2.75 bits per heavy atom. The summed E-state index contributed by atoms with van der Waals surface area (Å²) < 4.78 is 38.4. The van der Waals surface area contributed by atoms with Gasteiger partial charge in [-0.25, -0.2) is 0 Å². The van der Waals surface area contributed by atoms with Crippen molar-refractivity contribution in [2.24, 2.45) is 5.73 Å². The molecule has 1 aliphatic heterocycles. The van der Waals surface area contributed by atoms with Crippen molar-refractivity contribution in [2.45, 2.75) is 25.7 Å². The summed E-state index contributed by atoms with van der Waals surface area (Å²) in [5, 5.41) is 2.71. The Hall–Kier alpha value is -1.76. The van der Waals surface area contributed by atoms with E-state index in [2.05, 4.69) is 5.32 Å². The minimum atomic E-state index is -4.42. The fraction of sp³-hybridized carbons (Fsp3) is 0.462. The molecule has 0 radical (unpaired) electrons. The fourth-order valence-corrected chi connectivity index (χ4v) is 2.34. The summed E-state index contributed by atoms with van der Waals surface area (Å²) in [5.74, 6) is -0.134. The van der Waals surface area contributed by atoms with Crippen LogP contribution < -0.4 is 16.0 Å². The Kier molecular flexibility index (Phi) is 3.89. The SMILES string of the molecule is CC1C(=O)NCCN1c1ccc(C(F)(F)F)c(CN)c1. The molecule has 110 valence electrons. The van der Waals surface area contributed by atoms with Crippen LogP contribution in [-0.4, -0.2) is 25.0 Å². The first-order valence-electron chi connectivity index (χ1n) is 6.29. The highest BCUT2D eigenvalue weighted by molar-refractivity contribution is 5.86. The predicted molar refractivity (Wildman–Crippen MR) is 69.2 cm³/mol. The van der Waals surface area contributed by atoms with Crippen molar-refractivity contribution in [1.82, 2.24) is 5.32 Å². The quantitative estimate of drug-likeness (QED) is 0.866. The molecule has 1 heterocycles. The third-order valence-corrected chi connectivity index (χ3v) is 3.44. The van der Waals surface area contributed by atoms with E-state index in [1.165, 1.54) is 12.1 Å². The van der Waals surface area contributed by atoms with E-state index < -0.39 is 17.8 Å². The molecule has 1 atom stereocenters. The molecule has 1 aromatic carbocycles. The third-order valence-electron chi connectivity index (χ3n) is 3.44. The highest BCUT2D eigenvalue weighted by Crippen LogP contribution is 2.34. The molecule has 1 amide bonds. The lowest BCUT2D eigenvalue weighted by molar-refractivity contribution is -0.138. The van der Waals surface area contributed by atoms with Crippen molar-refractivity contribution in [2.75, 3.05) is 18.0 Å². The molecule has 4 nitrogen and oxygen atoms in total. The standard InChI is InChI=1S/C13H16F3N3O/c1-8-12(20)18-4-5-19(8)10-2-3-11(13(14,15)16)9(6-10)7-17/h2-3,6,8H,4-5,7,17H2,1H3,(H,18,20). The van der Waals surface area contributed by atoms with E-state index in [1.54, 1.807) is 11.8 Å². The van der Waals surface area contributed by atoms with Crippen molar-refractivity contribution in [3.05, 3.63) is 29.3 Å². The number of halogens is 3. The Labute approximate surface area is 114 Å². The second-order valence-electron chi connectivity index (χ2n) is 4.70. The maximum Gasteiger partial charge on any atom is 0.416 e. The summed E-state index contributed by atoms with van der Waals surface area (Å²) in [7, 11) is 0. The third kappa shape index (κ3) is 2.72. The first-order chi connectivity index (χ1) is 9.34. The van der Waals surface area contributed by atoms with Crippen molar-refractivity contribution in [3.63, 3.8) is 0 Å². The largest absolute Gasteiger partial charge is 0.416 e. The lowest BCUT2D eigenvalue weighted by Crippen LogP contribution is -2.54. The van der Waals surface area contributed by atoms with Gasteiger partial charge in [0.25, 0.3) is 0 Å². The van der Waals surface area contributed by atoms with Crippen LogP contribution in [0.1, 0.15) is 18.1 Å². The van der Waals surface area contributed by atoms with E-state index in [0.717, 1.165) is 6.07 Å². The van der Waals surface area contributed by atoms with Crippen LogP contribution in [-0.2, 0) is 17.5 Å². The molecule has 0 saturated carbocycles. The molecule has 1 unspecified atom stereocenters. The zero-order chi connectivity index (χ0) is 14.9. The fourth-order valence-electron chi connectivity index (χ4n) is 2.34. The van der Waals surface area contributed by atoms with Crippen LogP contribution in [0.3, 0.4) is 0 Å². The number of nitrogens with zero attached hydrogens (tertiary/aromatic N) is 1. The van der Waals surface area contributed by atoms with Crippen LogP contribution in [0.15, 0.2) is 18.2 Å². The number of amides is 1. The summed E-state index contributed by atoms with van der Waals surface area (Å²) in [6.45, 7) is 2.55. The minimum absolute atomic E-state index is 0.0354. The number of anilines is 1. The van der Waals surface area contributed by atoms with Crippen LogP contribution in [0.5, 0.6) is 0 Å². The van der Waals surface area contributed by atoms with Crippen molar-refractivity contribution >= 4 is 11.6 Å². The second-order valence-corrected chi connectivity index (χ2v) is 4.70. The Balaban J connectivity index is 2.37. The van der Waals surface area contributed by atoms with E-state index in [-0.39, 0.29) is 18.0 Å². The number of nitrogens with one attached hydrogen (secondary N) is 1. The number of carbonyl (C=O) groups is 1. The maximum atomic E-state index is 12.8. The zero-order valence-corrected chi connectivity index (χ0v) is 11.0. The Morgan fingerprint density at radius 2 is 2.15 bits per heavy atom. The van der Waals surface area contributed by atoms with Gasteiger partial charge in [0.05, 0.1) is 5.56 Å². The zero-order valence-electron chi connectivity index (χ0n) is 11.0. The number of hydrogen-bond donors (Lipinski definition) is 2. The van der Waals surface area contributed by atoms with E-state index >= 15 is 0 Å². The van der Waals surface area contributed by atoms with Crippen molar-refractivity contribution in [3.8, 4) is 0 Å². The molecule has 1 fully saturated rings. The van der Waals surface area contributed by atoms with Crippen LogP contribution >= 0.6 is 0 Å². The minimum Gasteiger partial charge on any atom is -0.358 e. The lowest BCUT2D eigenvalue weighted by Gasteiger charge is -2.35. The summed E-state index contributed by atoms with van der Waals surface area (Å²) >= 11 is 0. The summed E-state index contributed by atoms with van der Waals surface area (Å²) in [6, 6.07) is 3.41. The van der Waals surface area contributed by atoms with Crippen LogP contribution in [0.2, 0.25) is 0 Å². The molecule has 2 rings (SSSR count). The molecular formula is C13H16F3N3O. The molecule has 1 aromatic rings. The van der Waals surface area contributed by atoms with Crippen molar-refractivity contribution < 1.29 is 18.0 Å². The number of alkyl halides is 3. The summed E-state index contributed by atoms with van der Waals surface area (Å²) in [4.78, 5) is 13.4. The Bertz CT molecular complexity index is 516. The lowest BCUT2D eigenvalue weighted by atomic mass is 10.0. The highest BCUT2D eigenvalue weighted by Gasteiger charge is 2.34. The number of benzene rings is 1. The molecule has 0 aliphatic carbocycles. The molecule has 3 N–H and O–H groups in total. The van der Waals surface area contributed by atoms with Gasteiger partial charge in [0.1, 0.15) is 6.04 Å². The van der Waals surface area contributed by atoms with Gasteiger partial charge >= 0.3 is 6.18 Å². The van der Waals surface area contributed by atoms with Gasteiger partial charge in [0.15, 0.2) is 0 Å². The van der Waals surface area contributed by atoms with Crippen molar-refractivity contribution in [1.29, 1.82) is 0 Å². The molecule has 0 spiro atoms. The molecule has 20 heavy (non-hydrogen) atoms. The maximum absolute atomic E-state index is 12.8. The number of carbonyl (C=O) groups excluding carboxylic acids is 1. The van der Waals surface area contributed by atoms with Gasteiger partial charge in [-0.15, -0.1) is 0 Å². The smallest absolute Gasteiger partial charge is 0.358 e. The monoisotopic (exact) mass is 287 g/mol. The molecular weight excluding hydrogens is 271 g/mol. The highest BCUT2D eigenvalue weighted by atomic mass is 19.4. The van der Waals surface area contributed by atoms with Gasteiger partial charge < -0.3 is 16.0 Å². The average molecular weight is 287 g/mol. The predicted octanol–water partition coefficient (Wildman–Crippen LogP) is 1.49. The van der Waals surface area contributed by atoms with Gasteiger partial charge in [-0.2, -0.15) is 13.2 Å². The van der Waals surface area contributed by atoms with Gasteiger partial charge in [-0.1, -0.05) is 0 Å². The van der Waals surface area contributed by atoms with E-state index in [1.807, 2.05) is 0 Å².